The summed E-state index contributed by atoms with van der Waals surface area (Å²) >= 11 is 3.20. The Labute approximate surface area is 82.6 Å². The fourth-order valence-corrected chi connectivity index (χ4v) is 0.831. The van der Waals surface area contributed by atoms with Gasteiger partial charge in [0.25, 0.3) is 0 Å². The number of likely N-dealkylation sites (N-methyl/N-ethyl adjacent to an activating group) is 1. The number of carbonyl (C=O) groups excluding carboxylic acids is 1. The third kappa shape index (κ3) is 5.55. The normalized spacial score (nSPS) is 13.1. The van der Waals surface area contributed by atoms with Gasteiger partial charge in [-0.15, -0.1) is 0 Å². The second-order valence-electron chi connectivity index (χ2n) is 2.80. The van der Waals surface area contributed by atoms with Gasteiger partial charge in [-0.2, -0.15) is 0 Å². The van der Waals surface area contributed by atoms with E-state index in [0.29, 0.717) is 0 Å². The van der Waals surface area contributed by atoms with Crippen LogP contribution in [-0.4, -0.2) is 42.3 Å². The van der Waals surface area contributed by atoms with E-state index >= 15 is 0 Å². The van der Waals surface area contributed by atoms with Gasteiger partial charge in [0.1, 0.15) is 0 Å². The molecule has 0 aliphatic carbocycles. The number of amides is 1. The van der Waals surface area contributed by atoms with Crippen molar-refractivity contribution in [2.45, 2.75) is 18.7 Å². The molecule has 1 amide bonds. The van der Waals surface area contributed by atoms with E-state index in [1.54, 1.807) is 0 Å². The molecule has 1 atom stereocenters. The van der Waals surface area contributed by atoms with Crippen molar-refractivity contribution in [3.63, 3.8) is 0 Å². The van der Waals surface area contributed by atoms with Crippen LogP contribution in [0.15, 0.2) is 0 Å². The van der Waals surface area contributed by atoms with Crippen molar-refractivity contribution in [2.75, 3.05) is 26.7 Å². The zero-order chi connectivity index (χ0) is 9.56. The minimum absolute atomic E-state index is 0.0551. The van der Waals surface area contributed by atoms with Crippen LogP contribution in [0.4, 0.5) is 0 Å². The summed E-state index contributed by atoms with van der Waals surface area (Å²) in [5.41, 5.74) is 0. The van der Waals surface area contributed by atoms with E-state index in [4.69, 9.17) is 0 Å². The van der Waals surface area contributed by atoms with Crippen LogP contribution in [0.25, 0.3) is 0 Å². The van der Waals surface area contributed by atoms with E-state index in [-0.39, 0.29) is 10.7 Å². The van der Waals surface area contributed by atoms with Crippen LogP contribution >= 0.6 is 15.9 Å². The zero-order valence-corrected chi connectivity index (χ0v) is 9.52. The van der Waals surface area contributed by atoms with Gasteiger partial charge in [0.05, 0.1) is 4.83 Å². The average molecular weight is 237 g/mol. The van der Waals surface area contributed by atoms with E-state index in [2.05, 4.69) is 33.1 Å². The van der Waals surface area contributed by atoms with Crippen molar-refractivity contribution >= 4 is 21.8 Å². The summed E-state index contributed by atoms with van der Waals surface area (Å²) in [5, 5.41) is 2.82. The molecule has 0 radical (unpaired) electrons. The Hall–Kier alpha value is -0.0900. The maximum absolute atomic E-state index is 11.0. The predicted molar refractivity (Wildman–Crippen MR) is 54.6 cm³/mol. The summed E-state index contributed by atoms with van der Waals surface area (Å²) in [5.74, 6) is 0.0551. The van der Waals surface area contributed by atoms with Crippen molar-refractivity contribution in [3.8, 4) is 0 Å². The Morgan fingerprint density at radius 1 is 1.67 bits per heavy atom. The van der Waals surface area contributed by atoms with Gasteiger partial charge in [-0.1, -0.05) is 22.9 Å². The van der Waals surface area contributed by atoms with Crippen LogP contribution in [0.2, 0.25) is 0 Å². The van der Waals surface area contributed by atoms with Crippen LogP contribution in [0.1, 0.15) is 13.8 Å². The summed E-state index contributed by atoms with van der Waals surface area (Å²) < 4.78 is 0. The van der Waals surface area contributed by atoms with Crippen LogP contribution in [-0.2, 0) is 4.79 Å². The van der Waals surface area contributed by atoms with Crippen molar-refractivity contribution in [2.24, 2.45) is 0 Å². The maximum atomic E-state index is 11.0. The molecule has 0 aromatic heterocycles. The maximum Gasteiger partial charge on any atom is 0.233 e. The SMILES string of the molecule is CCN(C)CCNC(=O)C(C)Br. The van der Waals surface area contributed by atoms with E-state index in [0.717, 1.165) is 19.6 Å². The summed E-state index contributed by atoms with van der Waals surface area (Å²) in [4.78, 5) is 13.1. The van der Waals surface area contributed by atoms with Gasteiger partial charge in [-0.05, 0) is 20.5 Å². The van der Waals surface area contributed by atoms with Gasteiger partial charge in [0.15, 0.2) is 0 Å². The molecule has 0 aromatic carbocycles. The molecule has 0 rings (SSSR count). The third-order valence-electron chi connectivity index (χ3n) is 1.69. The van der Waals surface area contributed by atoms with E-state index in [1.165, 1.54) is 0 Å². The number of nitrogens with one attached hydrogen (secondary N) is 1. The summed E-state index contributed by atoms with van der Waals surface area (Å²) in [6.45, 7) is 6.55. The smallest absolute Gasteiger partial charge is 0.233 e. The number of nitrogens with zero attached hydrogens (tertiary/aromatic N) is 1. The number of hydrogen-bond acceptors (Lipinski definition) is 2. The van der Waals surface area contributed by atoms with E-state index < -0.39 is 0 Å². The number of hydrogen-bond donors (Lipinski definition) is 1. The summed E-state index contributed by atoms with van der Waals surface area (Å²) in [7, 11) is 2.03. The molecule has 0 saturated carbocycles. The molecule has 1 unspecified atom stereocenters. The van der Waals surface area contributed by atoms with Crippen molar-refractivity contribution in [1.29, 1.82) is 0 Å². The second-order valence-corrected chi connectivity index (χ2v) is 4.18. The molecular formula is C8H17BrN2O. The Kier molecular flexibility index (Phi) is 6.38. The van der Waals surface area contributed by atoms with E-state index in [9.17, 15) is 4.79 Å². The van der Waals surface area contributed by atoms with Gasteiger partial charge < -0.3 is 10.2 Å². The highest BCUT2D eigenvalue weighted by Crippen LogP contribution is 1.95. The molecule has 0 fully saturated rings. The molecule has 0 aromatic rings. The summed E-state index contributed by atoms with van der Waals surface area (Å²) in [6.07, 6.45) is 0. The molecule has 3 nitrogen and oxygen atoms in total. The number of halogens is 1. The number of rotatable bonds is 5. The largest absolute Gasteiger partial charge is 0.354 e. The van der Waals surface area contributed by atoms with Crippen molar-refractivity contribution < 1.29 is 4.79 Å². The van der Waals surface area contributed by atoms with Gasteiger partial charge >= 0.3 is 0 Å². The first-order chi connectivity index (χ1) is 5.57. The van der Waals surface area contributed by atoms with Gasteiger partial charge in [0, 0.05) is 13.1 Å². The zero-order valence-electron chi connectivity index (χ0n) is 7.93. The fraction of sp³-hybridized carbons (Fsp3) is 0.875. The van der Waals surface area contributed by atoms with Crippen molar-refractivity contribution in [1.82, 2.24) is 10.2 Å². The first-order valence-corrected chi connectivity index (χ1v) is 5.09. The van der Waals surface area contributed by atoms with Crippen LogP contribution in [0.5, 0.6) is 0 Å². The molecule has 1 N–H and O–H groups in total. The minimum atomic E-state index is -0.0931. The highest BCUT2D eigenvalue weighted by Gasteiger charge is 2.06. The number of alkyl halides is 1. The lowest BCUT2D eigenvalue weighted by Crippen LogP contribution is -2.35. The number of carbonyl (C=O) groups is 1. The van der Waals surface area contributed by atoms with Crippen molar-refractivity contribution in [3.05, 3.63) is 0 Å². The van der Waals surface area contributed by atoms with Gasteiger partial charge in [-0.3, -0.25) is 4.79 Å². The van der Waals surface area contributed by atoms with Crippen LogP contribution < -0.4 is 5.32 Å². The Balaban J connectivity index is 3.37. The molecule has 0 aliphatic heterocycles. The Morgan fingerprint density at radius 3 is 2.67 bits per heavy atom. The highest BCUT2D eigenvalue weighted by molar-refractivity contribution is 9.10. The summed E-state index contributed by atoms with van der Waals surface area (Å²) in [6, 6.07) is 0. The first kappa shape index (κ1) is 11.9. The van der Waals surface area contributed by atoms with Gasteiger partial charge in [0.2, 0.25) is 5.91 Å². The molecular weight excluding hydrogens is 220 g/mol. The topological polar surface area (TPSA) is 32.3 Å². The minimum Gasteiger partial charge on any atom is -0.354 e. The molecule has 0 saturated heterocycles. The molecule has 0 spiro atoms. The lowest BCUT2D eigenvalue weighted by atomic mass is 10.4. The second kappa shape index (κ2) is 6.43. The molecule has 4 heteroatoms. The quantitative estimate of drug-likeness (QED) is 0.718. The monoisotopic (exact) mass is 236 g/mol. The molecule has 0 heterocycles. The molecule has 0 bridgehead atoms. The Morgan fingerprint density at radius 2 is 2.25 bits per heavy atom. The van der Waals surface area contributed by atoms with Gasteiger partial charge in [-0.25, -0.2) is 0 Å². The predicted octanol–water partition coefficient (Wildman–Crippen LogP) is 0.838. The standard InChI is InChI=1S/C8H17BrN2O/c1-4-11(3)6-5-10-8(12)7(2)9/h7H,4-6H2,1-3H3,(H,10,12). The molecule has 12 heavy (non-hydrogen) atoms. The molecule has 72 valence electrons. The fourth-order valence-electron chi connectivity index (χ4n) is 0.669. The first-order valence-electron chi connectivity index (χ1n) is 4.18. The van der Waals surface area contributed by atoms with Crippen LogP contribution in [0, 0.1) is 0 Å². The Bertz CT molecular complexity index is 139. The third-order valence-corrected chi connectivity index (χ3v) is 2.11. The molecule has 0 aliphatic rings. The van der Waals surface area contributed by atoms with Crippen LogP contribution in [0.3, 0.4) is 0 Å². The lowest BCUT2D eigenvalue weighted by molar-refractivity contribution is -0.120. The van der Waals surface area contributed by atoms with E-state index in [1.807, 2.05) is 14.0 Å². The highest BCUT2D eigenvalue weighted by atomic mass is 79.9. The average Bonchev–Trinajstić information content (AvgIpc) is 2.03. The lowest BCUT2D eigenvalue weighted by Gasteiger charge is -2.14.